The number of fused-ring (bicyclic) bond motifs is 1. The number of amides is 1. The zero-order valence-corrected chi connectivity index (χ0v) is 16.8. The lowest BCUT2D eigenvalue weighted by Crippen LogP contribution is -2.17. The van der Waals surface area contributed by atoms with Crippen molar-refractivity contribution in [2.45, 2.75) is 0 Å². The van der Waals surface area contributed by atoms with Crippen LogP contribution in [0.3, 0.4) is 0 Å². The first-order valence-corrected chi connectivity index (χ1v) is 9.37. The first-order valence-electron chi connectivity index (χ1n) is 9.37. The molecule has 0 spiro atoms. The Bertz CT molecular complexity index is 1330. The van der Waals surface area contributed by atoms with Gasteiger partial charge in [0, 0.05) is 17.0 Å². The normalized spacial score (nSPS) is 10.7. The van der Waals surface area contributed by atoms with E-state index in [9.17, 15) is 14.0 Å². The molecule has 0 aliphatic carbocycles. The molecule has 1 amide bonds. The van der Waals surface area contributed by atoms with Gasteiger partial charge in [0.05, 0.1) is 25.3 Å². The molecule has 0 atom stereocenters. The topological polar surface area (TPSA) is 77.8 Å². The number of methoxy groups -OCH3 is 2. The van der Waals surface area contributed by atoms with Crippen molar-refractivity contribution < 1.29 is 23.1 Å². The van der Waals surface area contributed by atoms with Crippen molar-refractivity contribution in [1.82, 2.24) is 0 Å². The fraction of sp³-hybridized carbons (Fsp3) is 0.0833. The Kier molecular flexibility index (Phi) is 5.41. The molecule has 0 aliphatic heterocycles. The van der Waals surface area contributed by atoms with Gasteiger partial charge >= 0.3 is 5.63 Å². The molecule has 0 saturated carbocycles. The monoisotopic (exact) mass is 419 g/mol. The maximum atomic E-state index is 13.5. The van der Waals surface area contributed by atoms with Crippen LogP contribution in [0.5, 0.6) is 11.5 Å². The van der Waals surface area contributed by atoms with Crippen molar-refractivity contribution in [3.05, 3.63) is 88.7 Å². The number of hydrogen-bond donors (Lipinski definition) is 1. The molecule has 7 heteroatoms. The fourth-order valence-electron chi connectivity index (χ4n) is 3.35. The lowest BCUT2D eigenvalue weighted by atomic mass is 9.98. The van der Waals surface area contributed by atoms with Gasteiger partial charge in [0.15, 0.2) is 0 Å². The molecular weight excluding hydrogens is 401 g/mol. The molecule has 31 heavy (non-hydrogen) atoms. The Labute approximate surface area is 176 Å². The highest BCUT2D eigenvalue weighted by molar-refractivity contribution is 6.12. The Morgan fingerprint density at radius 1 is 0.935 bits per heavy atom. The van der Waals surface area contributed by atoms with E-state index >= 15 is 0 Å². The molecule has 4 rings (SSSR count). The summed E-state index contributed by atoms with van der Waals surface area (Å²) in [5, 5.41) is 3.55. The van der Waals surface area contributed by atoms with Gasteiger partial charge in [0.25, 0.3) is 5.91 Å². The number of ether oxygens (including phenoxy) is 2. The van der Waals surface area contributed by atoms with Gasteiger partial charge in [-0.05, 0) is 35.9 Å². The van der Waals surface area contributed by atoms with Gasteiger partial charge in [-0.2, -0.15) is 0 Å². The van der Waals surface area contributed by atoms with Crippen molar-refractivity contribution in [2.75, 3.05) is 19.5 Å². The largest absolute Gasteiger partial charge is 0.497 e. The third-order valence-electron chi connectivity index (χ3n) is 4.83. The Hall–Kier alpha value is -4.13. The van der Waals surface area contributed by atoms with Crippen molar-refractivity contribution in [1.29, 1.82) is 0 Å². The van der Waals surface area contributed by atoms with E-state index in [1.807, 2.05) is 0 Å². The Morgan fingerprint density at radius 3 is 2.32 bits per heavy atom. The van der Waals surface area contributed by atoms with Crippen LogP contribution >= 0.6 is 0 Å². The maximum absolute atomic E-state index is 13.5. The van der Waals surface area contributed by atoms with Crippen LogP contribution in [-0.2, 0) is 0 Å². The smallest absolute Gasteiger partial charge is 0.344 e. The molecule has 6 nitrogen and oxygen atoms in total. The molecule has 156 valence electrons. The highest BCUT2D eigenvalue weighted by atomic mass is 19.1. The second-order valence-corrected chi connectivity index (χ2v) is 6.67. The minimum Gasteiger partial charge on any atom is -0.497 e. The third kappa shape index (κ3) is 3.85. The lowest BCUT2D eigenvalue weighted by Gasteiger charge is -2.14. The summed E-state index contributed by atoms with van der Waals surface area (Å²) in [6.07, 6.45) is 0. The molecule has 3 aromatic carbocycles. The standard InChI is InChI=1S/C24H18FNO5/c1-29-16-11-12-20(30-2)19(13-16)26-23(27)22-21(14-7-9-15(25)10-8-14)17-5-3-4-6-18(17)24(28)31-22/h3-13H,1-2H3,(H,26,27). The lowest BCUT2D eigenvalue weighted by molar-refractivity contribution is 0.0993. The van der Waals surface area contributed by atoms with Crippen LogP contribution in [-0.4, -0.2) is 20.1 Å². The number of rotatable bonds is 5. The number of nitrogens with one attached hydrogen (secondary N) is 1. The molecule has 0 radical (unpaired) electrons. The van der Waals surface area contributed by atoms with E-state index in [2.05, 4.69) is 5.32 Å². The van der Waals surface area contributed by atoms with Gasteiger partial charge in [-0.15, -0.1) is 0 Å². The first-order chi connectivity index (χ1) is 15.0. The van der Waals surface area contributed by atoms with Gasteiger partial charge in [-0.25, -0.2) is 9.18 Å². The van der Waals surface area contributed by atoms with Crippen LogP contribution in [0, 0.1) is 5.82 Å². The Balaban J connectivity index is 1.89. The number of anilines is 1. The predicted octanol–water partition coefficient (Wildman–Crippen LogP) is 4.87. The third-order valence-corrected chi connectivity index (χ3v) is 4.83. The van der Waals surface area contributed by atoms with Gasteiger partial charge < -0.3 is 19.2 Å². The fourth-order valence-corrected chi connectivity index (χ4v) is 3.35. The van der Waals surface area contributed by atoms with Gasteiger partial charge in [-0.3, -0.25) is 4.79 Å². The van der Waals surface area contributed by atoms with Gasteiger partial charge in [0.2, 0.25) is 5.76 Å². The summed E-state index contributed by atoms with van der Waals surface area (Å²) >= 11 is 0. The maximum Gasteiger partial charge on any atom is 0.344 e. The molecule has 1 N–H and O–H groups in total. The van der Waals surface area contributed by atoms with Gasteiger partial charge in [-0.1, -0.05) is 30.3 Å². The summed E-state index contributed by atoms with van der Waals surface area (Å²) in [6, 6.07) is 17.3. The van der Waals surface area contributed by atoms with E-state index in [0.717, 1.165) is 0 Å². The average Bonchev–Trinajstić information content (AvgIpc) is 2.79. The predicted molar refractivity (Wildman–Crippen MR) is 115 cm³/mol. The summed E-state index contributed by atoms with van der Waals surface area (Å²) in [5.41, 5.74) is 0.607. The Morgan fingerprint density at radius 2 is 1.65 bits per heavy atom. The number of benzene rings is 3. The number of hydrogen-bond acceptors (Lipinski definition) is 5. The molecule has 1 heterocycles. The van der Waals surface area contributed by atoms with E-state index in [1.54, 1.807) is 42.5 Å². The molecule has 0 saturated heterocycles. The molecule has 0 unspecified atom stereocenters. The van der Waals surface area contributed by atoms with Crippen LogP contribution in [0.25, 0.3) is 21.9 Å². The van der Waals surface area contributed by atoms with Crippen molar-refractivity contribution in [3.63, 3.8) is 0 Å². The van der Waals surface area contributed by atoms with Crippen LogP contribution in [0.4, 0.5) is 10.1 Å². The van der Waals surface area contributed by atoms with Crippen molar-refractivity contribution in [3.8, 4) is 22.6 Å². The summed E-state index contributed by atoms with van der Waals surface area (Å²) in [4.78, 5) is 25.8. The SMILES string of the molecule is COc1ccc(OC)c(NC(=O)c2oc(=O)c3ccccc3c2-c2ccc(F)cc2)c1. The molecule has 0 fully saturated rings. The molecule has 4 aromatic rings. The van der Waals surface area contributed by atoms with E-state index in [-0.39, 0.29) is 5.76 Å². The minimum absolute atomic E-state index is 0.194. The molecular formula is C24H18FNO5. The van der Waals surface area contributed by atoms with Crippen LogP contribution in [0.15, 0.2) is 75.9 Å². The first kappa shape index (κ1) is 20.2. The summed E-state index contributed by atoms with van der Waals surface area (Å²) < 4.78 is 29.4. The summed E-state index contributed by atoms with van der Waals surface area (Å²) in [7, 11) is 2.97. The number of carbonyl (C=O) groups excluding carboxylic acids is 1. The quantitative estimate of drug-likeness (QED) is 0.499. The second kappa shape index (κ2) is 8.31. The number of carbonyl (C=O) groups is 1. The van der Waals surface area contributed by atoms with Crippen molar-refractivity contribution >= 4 is 22.4 Å². The highest BCUT2D eigenvalue weighted by Crippen LogP contribution is 2.33. The number of halogens is 1. The van der Waals surface area contributed by atoms with Crippen LogP contribution < -0.4 is 20.4 Å². The second-order valence-electron chi connectivity index (χ2n) is 6.67. The summed E-state index contributed by atoms with van der Waals surface area (Å²) in [5.74, 6) is -0.359. The van der Waals surface area contributed by atoms with E-state index in [0.29, 0.717) is 39.1 Å². The molecule has 0 aliphatic rings. The van der Waals surface area contributed by atoms with Crippen molar-refractivity contribution in [2.24, 2.45) is 0 Å². The molecule has 0 bridgehead atoms. The minimum atomic E-state index is -0.659. The van der Waals surface area contributed by atoms with E-state index < -0.39 is 17.3 Å². The van der Waals surface area contributed by atoms with Gasteiger partial charge in [0.1, 0.15) is 17.3 Å². The average molecular weight is 419 g/mol. The summed E-state index contributed by atoms with van der Waals surface area (Å²) in [6.45, 7) is 0. The zero-order valence-electron chi connectivity index (χ0n) is 16.8. The molecule has 1 aromatic heterocycles. The van der Waals surface area contributed by atoms with E-state index in [1.165, 1.54) is 38.5 Å². The highest BCUT2D eigenvalue weighted by Gasteiger charge is 2.22. The van der Waals surface area contributed by atoms with Crippen LogP contribution in [0.1, 0.15) is 10.6 Å². The van der Waals surface area contributed by atoms with E-state index in [4.69, 9.17) is 13.9 Å². The zero-order chi connectivity index (χ0) is 22.0. The van der Waals surface area contributed by atoms with Crippen LogP contribution in [0.2, 0.25) is 0 Å².